The van der Waals surface area contributed by atoms with Gasteiger partial charge in [-0.05, 0) is 0 Å². The number of alkyl halides is 17. The van der Waals surface area contributed by atoms with Gasteiger partial charge in [0.25, 0.3) is 6.17 Å². The first-order valence-corrected chi connectivity index (χ1v) is 5.67. The summed E-state index contributed by atoms with van der Waals surface area (Å²) in [6.07, 6.45) is -26.9. The SMILES string of the molecule is FC(C(F)(F)OCC(F)(F)C(F)(F)C(F)(F)C(F)(F)F)C(F)(F)C(F)(F)F. The normalized spacial score (nSPS) is 17.2. The minimum absolute atomic E-state index is 2.11. The largest absolute Gasteiger partial charge is 0.460 e. The molecule has 0 aromatic heterocycles. The van der Waals surface area contributed by atoms with Crippen molar-refractivity contribution in [1.82, 2.24) is 0 Å². The number of rotatable bonds is 7. The summed E-state index contributed by atoms with van der Waals surface area (Å²) < 4.78 is 211. The maximum atomic E-state index is 12.8. The highest BCUT2D eigenvalue weighted by Crippen LogP contribution is 2.53. The molecule has 0 fully saturated rings. The lowest BCUT2D eigenvalue weighted by atomic mass is 10.0. The van der Waals surface area contributed by atoms with E-state index in [0.717, 1.165) is 0 Å². The van der Waals surface area contributed by atoms with Crippen LogP contribution in [0.2, 0.25) is 0 Å². The predicted octanol–water partition coefficient (Wildman–Crippen LogP) is 5.60. The number of halogens is 17. The predicted molar refractivity (Wildman–Crippen MR) is 47.7 cm³/mol. The molecule has 0 aromatic rings. The highest BCUT2D eigenvalue weighted by molar-refractivity contribution is 5.00. The average Bonchev–Trinajstić information content (AvgIpc) is 2.41. The van der Waals surface area contributed by atoms with E-state index in [1.807, 2.05) is 0 Å². The Hall–Kier alpha value is -1.23. The molecule has 0 aromatic carbocycles. The van der Waals surface area contributed by atoms with Crippen molar-refractivity contribution >= 4 is 0 Å². The van der Waals surface area contributed by atoms with E-state index < -0.39 is 54.9 Å². The first-order valence-electron chi connectivity index (χ1n) is 5.67. The molecule has 0 aliphatic carbocycles. The fourth-order valence-corrected chi connectivity index (χ4v) is 1.11. The van der Waals surface area contributed by atoms with E-state index >= 15 is 0 Å². The molecular formula is C9H3F17O. The van der Waals surface area contributed by atoms with Crippen LogP contribution in [0.15, 0.2) is 0 Å². The third kappa shape index (κ3) is 4.44. The first kappa shape index (κ1) is 25.8. The molecule has 27 heavy (non-hydrogen) atoms. The third-order valence-electron chi connectivity index (χ3n) is 2.65. The Labute approximate surface area is 136 Å². The van der Waals surface area contributed by atoms with Crippen molar-refractivity contribution in [3.05, 3.63) is 0 Å². The van der Waals surface area contributed by atoms with Gasteiger partial charge in [-0.25, -0.2) is 4.39 Å². The molecule has 1 nitrogen and oxygen atoms in total. The molecule has 0 amide bonds. The monoisotopic (exact) mass is 450 g/mol. The standard InChI is InChI=1S/C9H3F17O/c10-2(4(13,14)8(21,22)23)5(15,16)27-1-3(11,12)6(17,18)7(19,20)9(24,25)26/h2H,1H2. The van der Waals surface area contributed by atoms with Gasteiger partial charge in [0.2, 0.25) is 0 Å². The van der Waals surface area contributed by atoms with Gasteiger partial charge in [-0.1, -0.05) is 0 Å². The summed E-state index contributed by atoms with van der Waals surface area (Å²) >= 11 is 0. The smallest absolute Gasteiger partial charge is 0.311 e. The fourth-order valence-electron chi connectivity index (χ4n) is 1.11. The van der Waals surface area contributed by atoms with Crippen molar-refractivity contribution in [2.24, 2.45) is 0 Å². The van der Waals surface area contributed by atoms with Crippen LogP contribution in [0, 0.1) is 0 Å². The summed E-state index contributed by atoms with van der Waals surface area (Å²) in [7, 11) is 0. The first-order chi connectivity index (χ1) is 11.4. The van der Waals surface area contributed by atoms with Gasteiger partial charge in [0, 0.05) is 0 Å². The average molecular weight is 450 g/mol. The topological polar surface area (TPSA) is 9.23 Å². The van der Waals surface area contributed by atoms with Gasteiger partial charge in [-0.15, -0.1) is 0 Å². The zero-order valence-electron chi connectivity index (χ0n) is 11.6. The van der Waals surface area contributed by atoms with Crippen LogP contribution in [0.4, 0.5) is 74.6 Å². The van der Waals surface area contributed by atoms with Crippen molar-refractivity contribution in [1.29, 1.82) is 0 Å². The van der Waals surface area contributed by atoms with Crippen LogP contribution in [0.25, 0.3) is 0 Å². The lowest BCUT2D eigenvalue weighted by molar-refractivity contribution is -0.415. The minimum Gasteiger partial charge on any atom is -0.311 e. The highest BCUT2D eigenvalue weighted by Gasteiger charge is 2.82. The van der Waals surface area contributed by atoms with Crippen LogP contribution in [0.1, 0.15) is 0 Å². The molecule has 0 saturated heterocycles. The molecule has 0 heterocycles. The van der Waals surface area contributed by atoms with Crippen LogP contribution in [-0.4, -0.2) is 54.9 Å². The van der Waals surface area contributed by atoms with E-state index in [0.29, 0.717) is 0 Å². The van der Waals surface area contributed by atoms with Crippen LogP contribution >= 0.6 is 0 Å². The quantitative estimate of drug-likeness (QED) is 0.459. The number of ether oxygens (including phenoxy) is 1. The second kappa shape index (κ2) is 6.68. The summed E-state index contributed by atoms with van der Waals surface area (Å²) in [5.74, 6) is -29.0. The van der Waals surface area contributed by atoms with Gasteiger partial charge in [-0.2, -0.15) is 70.2 Å². The summed E-state index contributed by atoms with van der Waals surface area (Å²) in [6.45, 7) is -3.98. The van der Waals surface area contributed by atoms with Gasteiger partial charge >= 0.3 is 42.2 Å². The van der Waals surface area contributed by atoms with Gasteiger partial charge in [0.05, 0.1) is 0 Å². The maximum absolute atomic E-state index is 12.8. The minimum atomic E-state index is -7.58. The van der Waals surface area contributed by atoms with E-state index in [1.165, 1.54) is 0 Å². The summed E-state index contributed by atoms with van der Waals surface area (Å²) in [5.41, 5.74) is 0. The Morgan fingerprint density at radius 2 is 0.926 bits per heavy atom. The zero-order valence-corrected chi connectivity index (χ0v) is 11.6. The Bertz CT molecular complexity index is 513. The molecule has 0 saturated carbocycles. The van der Waals surface area contributed by atoms with E-state index in [9.17, 15) is 74.6 Å². The molecule has 18 heteroatoms. The van der Waals surface area contributed by atoms with Crippen molar-refractivity contribution < 1.29 is 79.4 Å². The number of hydrogen-bond donors (Lipinski definition) is 0. The van der Waals surface area contributed by atoms with E-state index in [4.69, 9.17) is 0 Å². The zero-order chi connectivity index (χ0) is 22.5. The molecule has 0 aliphatic rings. The summed E-state index contributed by atoms with van der Waals surface area (Å²) in [6, 6.07) is 0. The van der Waals surface area contributed by atoms with Crippen molar-refractivity contribution in [2.75, 3.05) is 6.61 Å². The Balaban J connectivity index is 5.61. The maximum Gasteiger partial charge on any atom is 0.460 e. The molecule has 1 unspecified atom stereocenters. The van der Waals surface area contributed by atoms with Crippen LogP contribution in [0.3, 0.4) is 0 Å². The second-order valence-electron chi connectivity index (χ2n) is 4.68. The fraction of sp³-hybridized carbons (Fsp3) is 1.00. The molecular weight excluding hydrogens is 447 g/mol. The van der Waals surface area contributed by atoms with Gasteiger partial charge in [0.1, 0.15) is 6.61 Å². The van der Waals surface area contributed by atoms with Crippen molar-refractivity contribution in [3.8, 4) is 0 Å². The third-order valence-corrected chi connectivity index (χ3v) is 2.65. The van der Waals surface area contributed by atoms with Crippen LogP contribution in [-0.2, 0) is 4.74 Å². The number of hydrogen-bond acceptors (Lipinski definition) is 1. The Morgan fingerprint density at radius 3 is 1.22 bits per heavy atom. The van der Waals surface area contributed by atoms with E-state index in [-0.39, 0.29) is 0 Å². The van der Waals surface area contributed by atoms with Crippen LogP contribution in [0.5, 0.6) is 0 Å². The lowest BCUT2D eigenvalue weighted by Crippen LogP contribution is -2.63. The van der Waals surface area contributed by atoms with Crippen LogP contribution < -0.4 is 0 Å². The molecule has 0 bridgehead atoms. The van der Waals surface area contributed by atoms with Gasteiger partial charge < -0.3 is 4.74 Å². The Kier molecular flexibility index (Phi) is 6.38. The molecule has 0 spiro atoms. The molecule has 0 aliphatic heterocycles. The van der Waals surface area contributed by atoms with Gasteiger partial charge in [-0.3, -0.25) is 0 Å². The molecule has 1 atom stereocenters. The van der Waals surface area contributed by atoms with Gasteiger partial charge in [0.15, 0.2) is 0 Å². The van der Waals surface area contributed by atoms with Crippen molar-refractivity contribution in [2.45, 2.75) is 48.3 Å². The molecule has 164 valence electrons. The Morgan fingerprint density at radius 1 is 0.556 bits per heavy atom. The summed E-state index contributed by atoms with van der Waals surface area (Å²) in [5, 5.41) is 0. The summed E-state index contributed by atoms with van der Waals surface area (Å²) in [4.78, 5) is 0. The molecule has 0 rings (SSSR count). The van der Waals surface area contributed by atoms with Crippen molar-refractivity contribution in [3.63, 3.8) is 0 Å². The molecule has 0 radical (unpaired) electrons. The van der Waals surface area contributed by atoms with E-state index in [2.05, 4.69) is 4.74 Å². The second-order valence-corrected chi connectivity index (χ2v) is 4.68. The lowest BCUT2D eigenvalue weighted by Gasteiger charge is -2.34. The van der Waals surface area contributed by atoms with E-state index in [1.54, 1.807) is 0 Å². The highest BCUT2D eigenvalue weighted by atomic mass is 19.4. The molecule has 0 N–H and O–H groups in total.